The van der Waals surface area contributed by atoms with Crippen LogP contribution in [0.15, 0.2) is 54.6 Å². The first kappa shape index (κ1) is 18.9. The van der Waals surface area contributed by atoms with Crippen LogP contribution in [0.25, 0.3) is 10.9 Å². The molecule has 0 amide bonds. The Hall–Kier alpha value is -2.88. The first-order valence-corrected chi connectivity index (χ1v) is 9.23. The number of fused-ring (bicyclic) bond motifs is 1. The SMILES string of the molecule is Cc1cc(N)c2c(OCC(C)(C)C(=O)CCc3ccccc3)cccc2n1. The van der Waals surface area contributed by atoms with Crippen LogP contribution in [0.5, 0.6) is 5.75 Å². The molecule has 2 N–H and O–H groups in total. The number of rotatable bonds is 7. The lowest BCUT2D eigenvalue weighted by atomic mass is 9.86. The highest BCUT2D eigenvalue weighted by Crippen LogP contribution is 2.32. The van der Waals surface area contributed by atoms with Crippen LogP contribution in [0.1, 0.15) is 31.5 Å². The zero-order chi connectivity index (χ0) is 19.4. The van der Waals surface area contributed by atoms with Crippen molar-refractivity contribution in [3.63, 3.8) is 0 Å². The Kier molecular flexibility index (Phi) is 5.45. The normalized spacial score (nSPS) is 11.5. The van der Waals surface area contributed by atoms with E-state index in [1.165, 1.54) is 5.56 Å². The fourth-order valence-electron chi connectivity index (χ4n) is 3.12. The Morgan fingerprint density at radius 1 is 1.11 bits per heavy atom. The monoisotopic (exact) mass is 362 g/mol. The molecular formula is C23H26N2O2. The quantitative estimate of drug-likeness (QED) is 0.660. The highest BCUT2D eigenvalue weighted by Gasteiger charge is 2.28. The summed E-state index contributed by atoms with van der Waals surface area (Å²) in [6.07, 6.45) is 1.24. The molecule has 0 aliphatic rings. The summed E-state index contributed by atoms with van der Waals surface area (Å²) >= 11 is 0. The van der Waals surface area contributed by atoms with Gasteiger partial charge in [0.15, 0.2) is 0 Å². The van der Waals surface area contributed by atoms with Gasteiger partial charge in [-0.05, 0) is 51.0 Å². The Bertz CT molecular complexity index is 949. The summed E-state index contributed by atoms with van der Waals surface area (Å²) in [6, 6.07) is 17.6. The molecule has 0 atom stereocenters. The number of anilines is 1. The number of Topliss-reactive ketones (excluding diaryl/α,β-unsaturated/α-hetero) is 1. The molecular weight excluding hydrogens is 336 g/mol. The summed E-state index contributed by atoms with van der Waals surface area (Å²) < 4.78 is 6.04. The van der Waals surface area contributed by atoms with Gasteiger partial charge in [-0.15, -0.1) is 0 Å². The summed E-state index contributed by atoms with van der Waals surface area (Å²) in [5.74, 6) is 0.856. The van der Waals surface area contributed by atoms with E-state index in [2.05, 4.69) is 4.98 Å². The second-order valence-electron chi connectivity index (χ2n) is 7.58. The lowest BCUT2D eigenvalue weighted by Gasteiger charge is -2.24. The van der Waals surface area contributed by atoms with Gasteiger partial charge in [-0.2, -0.15) is 0 Å². The average molecular weight is 362 g/mol. The molecule has 0 aliphatic carbocycles. The number of ether oxygens (including phenoxy) is 1. The van der Waals surface area contributed by atoms with E-state index in [0.717, 1.165) is 23.0 Å². The Morgan fingerprint density at radius 2 is 1.85 bits per heavy atom. The van der Waals surface area contributed by atoms with Crippen molar-refractivity contribution in [2.75, 3.05) is 12.3 Å². The van der Waals surface area contributed by atoms with Crippen LogP contribution >= 0.6 is 0 Å². The molecule has 0 saturated carbocycles. The van der Waals surface area contributed by atoms with Crippen LogP contribution in [-0.4, -0.2) is 17.4 Å². The van der Waals surface area contributed by atoms with E-state index in [4.69, 9.17) is 10.5 Å². The number of hydrogen-bond donors (Lipinski definition) is 1. The molecule has 0 bridgehead atoms. The van der Waals surface area contributed by atoms with Crippen LogP contribution < -0.4 is 10.5 Å². The highest BCUT2D eigenvalue weighted by molar-refractivity contribution is 5.95. The summed E-state index contributed by atoms with van der Waals surface area (Å²) in [6.45, 7) is 6.07. The number of hydrogen-bond acceptors (Lipinski definition) is 4. The highest BCUT2D eigenvalue weighted by atomic mass is 16.5. The van der Waals surface area contributed by atoms with E-state index < -0.39 is 5.41 Å². The fourth-order valence-corrected chi connectivity index (χ4v) is 3.12. The van der Waals surface area contributed by atoms with E-state index in [0.29, 0.717) is 24.5 Å². The Labute approximate surface area is 160 Å². The molecule has 1 aromatic heterocycles. The van der Waals surface area contributed by atoms with Crippen LogP contribution in [0.2, 0.25) is 0 Å². The number of carbonyl (C=O) groups excluding carboxylic acids is 1. The van der Waals surface area contributed by atoms with E-state index in [1.54, 1.807) is 0 Å². The molecule has 140 valence electrons. The topological polar surface area (TPSA) is 65.2 Å². The third kappa shape index (κ3) is 4.45. The number of aryl methyl sites for hydroxylation is 2. The molecule has 27 heavy (non-hydrogen) atoms. The van der Waals surface area contributed by atoms with Gasteiger partial charge in [-0.1, -0.05) is 36.4 Å². The van der Waals surface area contributed by atoms with Crippen molar-refractivity contribution >= 4 is 22.4 Å². The maximum atomic E-state index is 12.7. The second-order valence-corrected chi connectivity index (χ2v) is 7.58. The average Bonchev–Trinajstić information content (AvgIpc) is 2.64. The van der Waals surface area contributed by atoms with Crippen molar-refractivity contribution in [1.82, 2.24) is 4.98 Å². The van der Waals surface area contributed by atoms with Crippen LogP contribution in [0.3, 0.4) is 0 Å². The minimum atomic E-state index is -0.580. The first-order valence-electron chi connectivity index (χ1n) is 9.23. The summed E-state index contributed by atoms with van der Waals surface area (Å²) in [7, 11) is 0. The standard InChI is InChI=1S/C23H26N2O2/c1-16-14-18(24)22-19(25-16)10-7-11-20(22)27-15-23(2,3)21(26)13-12-17-8-5-4-6-9-17/h4-11,14H,12-13,15H2,1-3H3,(H2,24,25). The summed E-state index contributed by atoms with van der Waals surface area (Å²) in [5.41, 5.74) is 9.09. The van der Waals surface area contributed by atoms with Crippen molar-refractivity contribution in [2.45, 2.75) is 33.6 Å². The van der Waals surface area contributed by atoms with Crippen molar-refractivity contribution in [3.8, 4) is 5.75 Å². The predicted octanol–water partition coefficient (Wildman–Crippen LogP) is 4.73. The number of benzene rings is 2. The number of aromatic nitrogens is 1. The van der Waals surface area contributed by atoms with Crippen LogP contribution in [-0.2, 0) is 11.2 Å². The minimum Gasteiger partial charge on any atom is -0.492 e. The first-order chi connectivity index (χ1) is 12.9. The Balaban J connectivity index is 1.70. The van der Waals surface area contributed by atoms with Crippen LogP contribution in [0, 0.1) is 12.3 Å². The van der Waals surface area contributed by atoms with Gasteiger partial charge in [0.25, 0.3) is 0 Å². The number of nitrogens with zero attached hydrogens (tertiary/aromatic N) is 1. The van der Waals surface area contributed by atoms with Gasteiger partial charge >= 0.3 is 0 Å². The molecule has 0 radical (unpaired) electrons. The molecule has 4 heteroatoms. The van der Waals surface area contributed by atoms with Gasteiger partial charge in [0, 0.05) is 17.8 Å². The lowest BCUT2D eigenvalue weighted by Crippen LogP contribution is -2.31. The van der Waals surface area contributed by atoms with Gasteiger partial charge in [0.05, 0.1) is 16.3 Å². The van der Waals surface area contributed by atoms with E-state index >= 15 is 0 Å². The number of nitrogen functional groups attached to an aromatic ring is 1. The zero-order valence-corrected chi connectivity index (χ0v) is 16.2. The van der Waals surface area contributed by atoms with Crippen molar-refractivity contribution in [1.29, 1.82) is 0 Å². The molecule has 4 nitrogen and oxygen atoms in total. The lowest BCUT2D eigenvalue weighted by molar-refractivity contribution is -0.128. The molecule has 0 saturated heterocycles. The fraction of sp³-hybridized carbons (Fsp3) is 0.304. The van der Waals surface area contributed by atoms with Gasteiger partial charge in [-0.3, -0.25) is 9.78 Å². The molecule has 0 spiro atoms. The van der Waals surface area contributed by atoms with Crippen LogP contribution in [0.4, 0.5) is 5.69 Å². The second kappa shape index (κ2) is 7.78. The number of pyridine rings is 1. The molecule has 0 unspecified atom stereocenters. The third-order valence-corrected chi connectivity index (χ3v) is 4.78. The molecule has 3 aromatic rings. The maximum absolute atomic E-state index is 12.7. The Morgan fingerprint density at radius 3 is 2.59 bits per heavy atom. The number of ketones is 1. The number of nitrogens with two attached hydrogens (primary N) is 1. The summed E-state index contributed by atoms with van der Waals surface area (Å²) in [4.78, 5) is 17.2. The van der Waals surface area contributed by atoms with E-state index in [1.807, 2.05) is 75.4 Å². The number of carbonyl (C=O) groups is 1. The van der Waals surface area contributed by atoms with E-state index in [-0.39, 0.29) is 5.78 Å². The molecule has 2 aromatic carbocycles. The zero-order valence-electron chi connectivity index (χ0n) is 16.2. The third-order valence-electron chi connectivity index (χ3n) is 4.78. The predicted molar refractivity (Wildman–Crippen MR) is 110 cm³/mol. The largest absolute Gasteiger partial charge is 0.492 e. The van der Waals surface area contributed by atoms with Crippen molar-refractivity contribution < 1.29 is 9.53 Å². The minimum absolute atomic E-state index is 0.188. The van der Waals surface area contributed by atoms with Crippen molar-refractivity contribution in [2.24, 2.45) is 5.41 Å². The van der Waals surface area contributed by atoms with Gasteiger partial charge < -0.3 is 10.5 Å². The molecule has 3 rings (SSSR count). The molecule has 0 aliphatic heterocycles. The van der Waals surface area contributed by atoms with Gasteiger partial charge in [-0.25, -0.2) is 0 Å². The molecule has 1 heterocycles. The van der Waals surface area contributed by atoms with Gasteiger partial charge in [0.1, 0.15) is 18.1 Å². The van der Waals surface area contributed by atoms with E-state index in [9.17, 15) is 4.79 Å². The molecule has 0 fully saturated rings. The van der Waals surface area contributed by atoms with Gasteiger partial charge in [0.2, 0.25) is 0 Å². The summed E-state index contributed by atoms with van der Waals surface area (Å²) in [5, 5.41) is 0.802. The smallest absolute Gasteiger partial charge is 0.142 e. The van der Waals surface area contributed by atoms with Crippen molar-refractivity contribution in [3.05, 3.63) is 65.9 Å². The maximum Gasteiger partial charge on any atom is 0.142 e.